The van der Waals surface area contributed by atoms with Gasteiger partial charge in [0.2, 0.25) is 0 Å². The van der Waals surface area contributed by atoms with Gasteiger partial charge in [0.25, 0.3) is 0 Å². The van der Waals surface area contributed by atoms with E-state index < -0.39 is 12.0 Å². The van der Waals surface area contributed by atoms with Gasteiger partial charge >= 0.3 is 5.97 Å². The molecule has 1 heterocycles. The number of halogens is 1. The van der Waals surface area contributed by atoms with Crippen molar-refractivity contribution in [3.63, 3.8) is 0 Å². The zero-order chi connectivity index (χ0) is 20.8. The highest BCUT2D eigenvalue weighted by Crippen LogP contribution is 2.29. The molecular formula is C22H23ClN4O3. The highest BCUT2D eigenvalue weighted by Gasteiger charge is 2.21. The number of rotatable bonds is 8. The predicted molar refractivity (Wildman–Crippen MR) is 119 cm³/mol. The molecule has 0 fully saturated rings. The van der Waals surface area contributed by atoms with Gasteiger partial charge in [0.15, 0.2) is 6.04 Å². The van der Waals surface area contributed by atoms with Gasteiger partial charge < -0.3 is 20.9 Å². The van der Waals surface area contributed by atoms with E-state index in [4.69, 9.17) is 15.9 Å². The van der Waals surface area contributed by atoms with Crippen LogP contribution in [0.2, 0.25) is 0 Å². The van der Waals surface area contributed by atoms with Gasteiger partial charge in [-0.15, -0.1) is 12.4 Å². The van der Waals surface area contributed by atoms with Crippen molar-refractivity contribution >= 4 is 29.9 Å². The highest BCUT2D eigenvalue weighted by atomic mass is 35.5. The Morgan fingerprint density at radius 2 is 1.93 bits per heavy atom. The standard InChI is InChI=1S/C22H22N4O3.ClH/c1-2-14-10-16(12-19(11-14)29-18-4-3-9-25-13-18)20(22(27)28)26-17-7-5-15(6-8-17)21(23)24;/h3-13,20,26H,2H2,1H3,(H3,23,24)(H,27,28);1H. The molecule has 0 aliphatic carbocycles. The van der Waals surface area contributed by atoms with Gasteiger partial charge in [-0.25, -0.2) is 4.79 Å². The van der Waals surface area contributed by atoms with Gasteiger partial charge in [0, 0.05) is 17.4 Å². The molecule has 5 N–H and O–H groups in total. The number of aliphatic carboxylic acids is 1. The molecule has 1 unspecified atom stereocenters. The lowest BCUT2D eigenvalue weighted by Gasteiger charge is -2.18. The van der Waals surface area contributed by atoms with Crippen molar-refractivity contribution < 1.29 is 14.6 Å². The Hall–Kier alpha value is -3.58. The molecule has 3 aromatic rings. The number of anilines is 1. The van der Waals surface area contributed by atoms with Crippen LogP contribution < -0.4 is 15.8 Å². The van der Waals surface area contributed by atoms with Crippen LogP contribution in [-0.4, -0.2) is 21.9 Å². The van der Waals surface area contributed by atoms with Crippen LogP contribution in [0.15, 0.2) is 67.0 Å². The van der Waals surface area contributed by atoms with E-state index in [0.717, 1.165) is 12.0 Å². The zero-order valence-electron chi connectivity index (χ0n) is 16.3. The van der Waals surface area contributed by atoms with Crippen molar-refractivity contribution in [1.82, 2.24) is 4.98 Å². The maximum Gasteiger partial charge on any atom is 0.330 e. The van der Waals surface area contributed by atoms with Crippen molar-refractivity contribution in [2.24, 2.45) is 5.73 Å². The number of nitrogens with two attached hydrogens (primary N) is 1. The third-order valence-corrected chi connectivity index (χ3v) is 4.35. The molecule has 3 rings (SSSR count). The second kappa shape index (κ2) is 10.3. The lowest BCUT2D eigenvalue weighted by molar-refractivity contribution is -0.138. The summed E-state index contributed by atoms with van der Waals surface area (Å²) in [6.07, 6.45) is 3.99. The SMILES string of the molecule is CCc1cc(Oc2cccnc2)cc(C(Nc2ccc(C(=N)N)cc2)C(=O)O)c1.Cl. The van der Waals surface area contributed by atoms with Crippen molar-refractivity contribution in [3.05, 3.63) is 83.7 Å². The average Bonchev–Trinajstić information content (AvgIpc) is 2.72. The number of hydrogen-bond acceptors (Lipinski definition) is 5. The second-order valence-electron chi connectivity index (χ2n) is 6.46. The molecule has 0 amide bonds. The van der Waals surface area contributed by atoms with Crippen LogP contribution in [0.25, 0.3) is 0 Å². The lowest BCUT2D eigenvalue weighted by Crippen LogP contribution is -2.21. The number of nitrogens with zero attached hydrogens (tertiary/aromatic N) is 1. The number of carboxylic acid groups (broad SMARTS) is 1. The molecule has 30 heavy (non-hydrogen) atoms. The Bertz CT molecular complexity index is 1010. The smallest absolute Gasteiger partial charge is 0.330 e. The van der Waals surface area contributed by atoms with Gasteiger partial charge in [0.1, 0.15) is 17.3 Å². The second-order valence-corrected chi connectivity index (χ2v) is 6.46. The number of amidine groups is 1. The van der Waals surface area contributed by atoms with E-state index in [2.05, 4.69) is 10.3 Å². The minimum Gasteiger partial charge on any atom is -0.479 e. The molecule has 0 bridgehead atoms. The summed E-state index contributed by atoms with van der Waals surface area (Å²) < 4.78 is 5.86. The number of hydrogen-bond donors (Lipinski definition) is 4. The van der Waals surface area contributed by atoms with Crippen LogP contribution in [0.1, 0.15) is 29.7 Å². The molecule has 2 aromatic carbocycles. The molecule has 0 saturated heterocycles. The molecule has 7 nitrogen and oxygen atoms in total. The summed E-state index contributed by atoms with van der Waals surface area (Å²) in [5.41, 5.74) is 8.18. The monoisotopic (exact) mass is 426 g/mol. The maximum absolute atomic E-state index is 12.0. The van der Waals surface area contributed by atoms with Gasteiger partial charge in [-0.1, -0.05) is 13.0 Å². The average molecular weight is 427 g/mol. The zero-order valence-corrected chi connectivity index (χ0v) is 17.1. The summed E-state index contributed by atoms with van der Waals surface area (Å²) in [5, 5.41) is 20.3. The fourth-order valence-electron chi connectivity index (χ4n) is 2.86. The molecule has 156 valence electrons. The van der Waals surface area contributed by atoms with E-state index in [1.165, 1.54) is 0 Å². The first-order valence-electron chi connectivity index (χ1n) is 9.12. The summed E-state index contributed by atoms with van der Waals surface area (Å²) >= 11 is 0. The van der Waals surface area contributed by atoms with E-state index in [1.807, 2.05) is 19.1 Å². The Morgan fingerprint density at radius 1 is 1.20 bits per heavy atom. The van der Waals surface area contributed by atoms with Crippen molar-refractivity contribution in [1.29, 1.82) is 5.41 Å². The molecule has 0 aliphatic heterocycles. The van der Waals surface area contributed by atoms with Gasteiger partial charge in [-0.05, 0) is 66.1 Å². The quantitative estimate of drug-likeness (QED) is 0.313. The largest absolute Gasteiger partial charge is 0.479 e. The fraction of sp³-hybridized carbons (Fsp3) is 0.136. The van der Waals surface area contributed by atoms with E-state index >= 15 is 0 Å². The van der Waals surface area contributed by atoms with Gasteiger partial charge in [0.05, 0.1) is 6.20 Å². The number of aryl methyl sites for hydroxylation is 1. The topological polar surface area (TPSA) is 121 Å². The van der Waals surface area contributed by atoms with Crippen LogP contribution in [-0.2, 0) is 11.2 Å². The summed E-state index contributed by atoms with van der Waals surface area (Å²) in [6, 6.07) is 14.8. The Labute approximate surface area is 180 Å². The van der Waals surface area contributed by atoms with E-state index in [0.29, 0.717) is 28.3 Å². The summed E-state index contributed by atoms with van der Waals surface area (Å²) in [6.45, 7) is 2.00. The predicted octanol–water partition coefficient (Wildman–Crippen LogP) is 4.38. The number of pyridine rings is 1. The normalized spacial score (nSPS) is 11.1. The molecule has 0 saturated carbocycles. The maximum atomic E-state index is 12.0. The number of carbonyl (C=O) groups is 1. The third kappa shape index (κ3) is 5.71. The Balaban J connectivity index is 0.00000320. The summed E-state index contributed by atoms with van der Waals surface area (Å²) in [4.78, 5) is 16.0. The number of nitrogens with one attached hydrogen (secondary N) is 2. The highest BCUT2D eigenvalue weighted by molar-refractivity contribution is 5.95. The Kier molecular flexibility index (Phi) is 7.77. The first-order valence-corrected chi connectivity index (χ1v) is 9.12. The number of benzene rings is 2. The van der Waals surface area contributed by atoms with Crippen molar-refractivity contribution in [3.8, 4) is 11.5 Å². The van der Waals surface area contributed by atoms with Crippen molar-refractivity contribution in [2.45, 2.75) is 19.4 Å². The van der Waals surface area contributed by atoms with Gasteiger partial charge in [-0.2, -0.15) is 0 Å². The molecule has 1 atom stereocenters. The fourth-order valence-corrected chi connectivity index (χ4v) is 2.86. The number of nitrogen functional groups attached to an aromatic ring is 1. The molecular weight excluding hydrogens is 404 g/mol. The van der Waals surface area contributed by atoms with Crippen molar-refractivity contribution in [2.75, 3.05) is 5.32 Å². The summed E-state index contributed by atoms with van der Waals surface area (Å²) in [5.74, 6) is 0.0686. The first kappa shape index (κ1) is 22.7. The number of carboxylic acids is 1. The first-order chi connectivity index (χ1) is 14.0. The van der Waals surface area contributed by atoms with Crippen LogP contribution in [0.3, 0.4) is 0 Å². The molecule has 0 aliphatic rings. The molecule has 0 spiro atoms. The van der Waals surface area contributed by atoms with Crippen LogP contribution in [0.4, 0.5) is 5.69 Å². The molecule has 1 aromatic heterocycles. The van der Waals surface area contributed by atoms with Crippen LogP contribution in [0, 0.1) is 5.41 Å². The molecule has 0 radical (unpaired) electrons. The number of ether oxygens (including phenoxy) is 1. The number of aromatic nitrogens is 1. The van der Waals surface area contributed by atoms with Crippen LogP contribution in [0.5, 0.6) is 11.5 Å². The third-order valence-electron chi connectivity index (χ3n) is 4.35. The minimum atomic E-state index is -1.01. The van der Waals surface area contributed by atoms with Gasteiger partial charge in [-0.3, -0.25) is 10.4 Å². The minimum absolute atomic E-state index is 0. The van der Waals surface area contributed by atoms with E-state index in [1.54, 1.807) is 54.9 Å². The van der Waals surface area contributed by atoms with Crippen LogP contribution >= 0.6 is 12.4 Å². The van der Waals surface area contributed by atoms with E-state index in [9.17, 15) is 9.90 Å². The van der Waals surface area contributed by atoms with E-state index in [-0.39, 0.29) is 18.2 Å². The lowest BCUT2D eigenvalue weighted by atomic mass is 10.0. The Morgan fingerprint density at radius 3 is 2.50 bits per heavy atom. The molecule has 8 heteroatoms. The summed E-state index contributed by atoms with van der Waals surface area (Å²) in [7, 11) is 0.